The van der Waals surface area contributed by atoms with Crippen LogP contribution in [0.1, 0.15) is 309 Å². The largest absolute Gasteiger partial charge is 0.466 e. The number of rotatable bonds is 55. The maximum atomic E-state index is 12.5. The van der Waals surface area contributed by atoms with Crippen molar-refractivity contribution < 1.29 is 24.5 Å². The Morgan fingerprint density at radius 3 is 1.16 bits per heavy atom. The zero-order valence-corrected chi connectivity index (χ0v) is 45.3. The minimum atomic E-state index is -0.856. The van der Waals surface area contributed by atoms with Crippen molar-refractivity contribution in [3.05, 3.63) is 48.6 Å². The van der Waals surface area contributed by atoms with Crippen LogP contribution in [0.4, 0.5) is 0 Å². The van der Waals surface area contributed by atoms with E-state index in [0.717, 1.165) is 77.0 Å². The Hall–Kier alpha value is -2.18. The molecule has 0 saturated heterocycles. The van der Waals surface area contributed by atoms with Crippen molar-refractivity contribution in [2.75, 3.05) is 13.2 Å². The maximum absolute atomic E-state index is 12.5. The number of carbonyl (C=O) groups excluding carboxylic acids is 2. The third-order valence-electron chi connectivity index (χ3n) is 13.6. The highest BCUT2D eigenvalue weighted by atomic mass is 16.5. The van der Waals surface area contributed by atoms with Gasteiger partial charge in [0.05, 0.1) is 25.4 Å². The molecule has 0 spiro atoms. The van der Waals surface area contributed by atoms with Crippen LogP contribution in [0.15, 0.2) is 48.6 Å². The van der Waals surface area contributed by atoms with E-state index in [-0.39, 0.29) is 18.5 Å². The van der Waals surface area contributed by atoms with Crippen LogP contribution < -0.4 is 5.32 Å². The number of aliphatic hydroxyl groups is 2. The molecule has 0 aromatic rings. The Bertz CT molecular complexity index is 1150. The third-order valence-corrected chi connectivity index (χ3v) is 13.6. The van der Waals surface area contributed by atoms with Gasteiger partial charge in [0.15, 0.2) is 0 Å². The number of hydrogen-bond acceptors (Lipinski definition) is 5. The molecule has 0 rings (SSSR count). The summed E-state index contributed by atoms with van der Waals surface area (Å²) in [6.45, 7) is 4.85. The van der Waals surface area contributed by atoms with Crippen LogP contribution in [0.2, 0.25) is 0 Å². The fourth-order valence-electron chi connectivity index (χ4n) is 8.95. The van der Waals surface area contributed by atoms with Gasteiger partial charge in [0, 0.05) is 12.8 Å². The van der Waals surface area contributed by atoms with Crippen LogP contribution >= 0.6 is 0 Å². The highest BCUT2D eigenvalue weighted by molar-refractivity contribution is 5.76. The summed E-state index contributed by atoms with van der Waals surface area (Å²) in [6, 6.07) is -0.641. The lowest BCUT2D eigenvalue weighted by molar-refractivity contribution is -0.143. The van der Waals surface area contributed by atoms with E-state index in [0.29, 0.717) is 19.4 Å². The lowest BCUT2D eigenvalue weighted by atomic mass is 10.0. The minimum absolute atomic E-state index is 0.0191. The van der Waals surface area contributed by atoms with Crippen LogP contribution in [-0.2, 0) is 14.3 Å². The highest BCUT2D eigenvalue weighted by Crippen LogP contribution is 2.16. The van der Waals surface area contributed by atoms with Gasteiger partial charge in [-0.1, -0.05) is 255 Å². The van der Waals surface area contributed by atoms with Gasteiger partial charge >= 0.3 is 5.97 Å². The lowest BCUT2D eigenvalue weighted by Crippen LogP contribution is -2.45. The standard InChI is InChI=1S/C62H115NO5/c1-3-5-7-9-11-13-15-17-19-21-22-24-26-30-34-38-42-46-50-54-60(65)59(58-64)63-61(66)55-51-47-43-39-35-31-27-25-29-33-37-41-45-49-53-57-68-62(67)56-52-48-44-40-36-32-28-23-20-18-16-14-12-10-8-6-4-2/h12,14,18,20,29,33,50,54,59-60,64-65H,3-11,13,15-17,19,21-28,30-32,34-49,51-53,55-58H2,1-2H3,(H,63,66)/b14-12-,20-18-,33-29-,54-50+. The minimum Gasteiger partial charge on any atom is -0.466 e. The van der Waals surface area contributed by atoms with Crippen molar-refractivity contribution in [3.63, 3.8) is 0 Å². The molecule has 68 heavy (non-hydrogen) atoms. The molecule has 0 radical (unpaired) electrons. The second-order valence-corrected chi connectivity index (χ2v) is 20.3. The molecule has 0 aliphatic carbocycles. The highest BCUT2D eigenvalue weighted by Gasteiger charge is 2.18. The van der Waals surface area contributed by atoms with Crippen LogP contribution in [0.25, 0.3) is 0 Å². The molecule has 3 N–H and O–H groups in total. The number of ether oxygens (including phenoxy) is 1. The van der Waals surface area contributed by atoms with Crippen molar-refractivity contribution in [2.45, 2.75) is 321 Å². The van der Waals surface area contributed by atoms with E-state index in [9.17, 15) is 19.8 Å². The van der Waals surface area contributed by atoms with Crippen molar-refractivity contribution in [1.29, 1.82) is 0 Å². The molecule has 0 saturated carbocycles. The number of esters is 1. The van der Waals surface area contributed by atoms with Gasteiger partial charge in [-0.15, -0.1) is 0 Å². The first-order valence-electron chi connectivity index (χ1n) is 29.9. The first-order chi connectivity index (χ1) is 33.5. The van der Waals surface area contributed by atoms with Gasteiger partial charge in [-0.3, -0.25) is 9.59 Å². The smallest absolute Gasteiger partial charge is 0.305 e. The monoisotopic (exact) mass is 954 g/mol. The normalized spacial score (nSPS) is 12.9. The predicted octanol–water partition coefficient (Wildman–Crippen LogP) is 18.6. The summed E-state index contributed by atoms with van der Waals surface area (Å²) in [7, 11) is 0. The summed E-state index contributed by atoms with van der Waals surface area (Å²) < 4.78 is 5.47. The Morgan fingerprint density at radius 2 is 0.735 bits per heavy atom. The Labute approximate surface area is 423 Å². The molecular formula is C62H115NO5. The molecular weight excluding hydrogens is 839 g/mol. The van der Waals surface area contributed by atoms with E-state index in [1.54, 1.807) is 6.08 Å². The predicted molar refractivity (Wildman–Crippen MR) is 296 cm³/mol. The quantitative estimate of drug-likeness (QED) is 0.0321. The number of amides is 1. The van der Waals surface area contributed by atoms with Crippen molar-refractivity contribution >= 4 is 11.9 Å². The Balaban J connectivity index is 3.51. The van der Waals surface area contributed by atoms with E-state index in [4.69, 9.17) is 4.74 Å². The van der Waals surface area contributed by atoms with Crippen molar-refractivity contribution in [3.8, 4) is 0 Å². The van der Waals surface area contributed by atoms with Gasteiger partial charge in [0.25, 0.3) is 0 Å². The summed E-state index contributed by atoms with van der Waals surface area (Å²) >= 11 is 0. The first-order valence-corrected chi connectivity index (χ1v) is 29.9. The topological polar surface area (TPSA) is 95.9 Å². The average Bonchev–Trinajstić information content (AvgIpc) is 3.34. The lowest BCUT2D eigenvalue weighted by Gasteiger charge is -2.20. The summed E-state index contributed by atoms with van der Waals surface area (Å²) in [5.41, 5.74) is 0. The van der Waals surface area contributed by atoms with E-state index in [2.05, 4.69) is 55.6 Å². The summed E-state index contributed by atoms with van der Waals surface area (Å²) in [6.07, 6.45) is 72.7. The van der Waals surface area contributed by atoms with Gasteiger partial charge in [0.1, 0.15) is 0 Å². The molecule has 0 aromatic heterocycles. The second kappa shape index (κ2) is 57.4. The number of unbranched alkanes of at least 4 members (excludes halogenated alkanes) is 38. The third kappa shape index (κ3) is 53.2. The van der Waals surface area contributed by atoms with Gasteiger partial charge in [-0.05, 0) is 89.9 Å². The number of allylic oxidation sites excluding steroid dienone is 7. The molecule has 0 aliphatic rings. The summed E-state index contributed by atoms with van der Waals surface area (Å²) in [5.74, 6) is -0.102. The molecule has 2 atom stereocenters. The van der Waals surface area contributed by atoms with E-state index in [1.807, 2.05) is 6.08 Å². The number of carbonyl (C=O) groups is 2. The van der Waals surface area contributed by atoms with E-state index >= 15 is 0 Å². The second-order valence-electron chi connectivity index (χ2n) is 20.3. The van der Waals surface area contributed by atoms with Crippen LogP contribution in [0.5, 0.6) is 0 Å². The molecule has 0 heterocycles. The van der Waals surface area contributed by atoms with Crippen molar-refractivity contribution in [1.82, 2.24) is 5.32 Å². The van der Waals surface area contributed by atoms with Crippen LogP contribution in [0.3, 0.4) is 0 Å². The SMILES string of the molecule is CCCCC/C=C\C/C=C\CCCCCCCCCC(=O)OCCCCCC/C=C\CCCCCCCCCC(=O)NC(CO)C(O)/C=C/CCCCCCCCCCCCCCCCCCC. The van der Waals surface area contributed by atoms with E-state index < -0.39 is 12.1 Å². The van der Waals surface area contributed by atoms with Crippen LogP contribution in [-0.4, -0.2) is 47.4 Å². The van der Waals surface area contributed by atoms with E-state index in [1.165, 1.54) is 205 Å². The van der Waals surface area contributed by atoms with Gasteiger partial charge in [-0.2, -0.15) is 0 Å². The van der Waals surface area contributed by atoms with Gasteiger partial charge < -0.3 is 20.3 Å². The summed E-state index contributed by atoms with van der Waals surface area (Å²) in [5, 5.41) is 23.2. The maximum Gasteiger partial charge on any atom is 0.305 e. The molecule has 0 aliphatic heterocycles. The fourth-order valence-corrected chi connectivity index (χ4v) is 8.95. The first kappa shape index (κ1) is 65.8. The zero-order valence-electron chi connectivity index (χ0n) is 45.3. The molecule has 6 nitrogen and oxygen atoms in total. The Morgan fingerprint density at radius 1 is 0.412 bits per heavy atom. The van der Waals surface area contributed by atoms with Crippen LogP contribution in [0, 0.1) is 0 Å². The molecule has 2 unspecified atom stereocenters. The fraction of sp³-hybridized carbons (Fsp3) is 0.839. The molecule has 0 aromatic carbocycles. The molecule has 6 heteroatoms. The summed E-state index contributed by atoms with van der Waals surface area (Å²) in [4.78, 5) is 24.5. The van der Waals surface area contributed by atoms with Gasteiger partial charge in [-0.25, -0.2) is 0 Å². The number of hydrogen-bond donors (Lipinski definition) is 3. The molecule has 398 valence electrons. The van der Waals surface area contributed by atoms with Gasteiger partial charge in [0.2, 0.25) is 5.91 Å². The zero-order chi connectivity index (χ0) is 49.3. The molecule has 0 fully saturated rings. The number of nitrogens with one attached hydrogen (secondary N) is 1. The Kier molecular flexibility index (Phi) is 55.6. The molecule has 0 bridgehead atoms. The van der Waals surface area contributed by atoms with Crippen molar-refractivity contribution in [2.24, 2.45) is 0 Å². The molecule has 1 amide bonds. The number of aliphatic hydroxyl groups excluding tert-OH is 2. The average molecular weight is 955 g/mol.